The van der Waals surface area contributed by atoms with Crippen LogP contribution in [0.1, 0.15) is 38.2 Å². The normalized spacial score (nSPS) is 22.6. The highest BCUT2D eigenvalue weighted by Crippen LogP contribution is 2.36. The van der Waals surface area contributed by atoms with Gasteiger partial charge in [0.2, 0.25) is 0 Å². The van der Waals surface area contributed by atoms with E-state index in [-0.39, 0.29) is 0 Å². The van der Waals surface area contributed by atoms with Crippen molar-refractivity contribution >= 4 is 27.4 Å². The molecule has 0 aromatic carbocycles. The molecule has 5 heteroatoms. The molecule has 0 aliphatic heterocycles. The monoisotopic (exact) mass is 304 g/mol. The van der Waals surface area contributed by atoms with E-state index in [0.717, 1.165) is 24.4 Å². The Labute approximate surface area is 130 Å². The molecule has 1 aliphatic rings. The van der Waals surface area contributed by atoms with Crippen molar-refractivity contribution in [3.8, 4) is 0 Å². The summed E-state index contributed by atoms with van der Waals surface area (Å²) in [5, 5.41) is 2.18. The van der Waals surface area contributed by atoms with E-state index in [1.54, 1.807) is 17.7 Å². The number of thiophene rings is 1. The third-order valence-electron chi connectivity index (χ3n) is 4.70. The second-order valence-electron chi connectivity index (χ2n) is 5.93. The number of hydrogen-bond acceptors (Lipinski definition) is 5. The Hall–Kier alpha value is -1.20. The van der Waals surface area contributed by atoms with E-state index in [0.29, 0.717) is 12.0 Å². The average molecular weight is 304 g/mol. The Kier molecular flexibility index (Phi) is 4.40. The van der Waals surface area contributed by atoms with Gasteiger partial charge in [0.1, 0.15) is 12.1 Å². The van der Waals surface area contributed by atoms with Crippen LogP contribution in [0, 0.1) is 12.8 Å². The van der Waals surface area contributed by atoms with Crippen molar-refractivity contribution in [2.75, 3.05) is 18.0 Å². The summed E-state index contributed by atoms with van der Waals surface area (Å²) in [4.78, 5) is 11.5. The SMILES string of the molecule is CCN(c1ncnc2c(C)csc12)C1CCCCC1CN. The quantitative estimate of drug-likeness (QED) is 0.941. The van der Waals surface area contributed by atoms with Gasteiger partial charge >= 0.3 is 0 Å². The highest BCUT2D eigenvalue weighted by Gasteiger charge is 2.30. The molecule has 1 saturated carbocycles. The molecule has 2 aromatic rings. The average Bonchev–Trinajstić information content (AvgIpc) is 2.91. The summed E-state index contributed by atoms with van der Waals surface area (Å²) in [6, 6.07) is 0.522. The van der Waals surface area contributed by atoms with Gasteiger partial charge in [0.15, 0.2) is 0 Å². The van der Waals surface area contributed by atoms with Crippen molar-refractivity contribution < 1.29 is 0 Å². The van der Waals surface area contributed by atoms with Crippen molar-refractivity contribution in [3.05, 3.63) is 17.3 Å². The van der Waals surface area contributed by atoms with Crippen LogP contribution in [0.25, 0.3) is 10.2 Å². The van der Waals surface area contributed by atoms with Crippen molar-refractivity contribution in [2.24, 2.45) is 11.7 Å². The van der Waals surface area contributed by atoms with Crippen molar-refractivity contribution in [1.29, 1.82) is 0 Å². The van der Waals surface area contributed by atoms with Gasteiger partial charge in [-0.25, -0.2) is 9.97 Å². The molecular weight excluding hydrogens is 280 g/mol. The molecule has 0 spiro atoms. The van der Waals surface area contributed by atoms with E-state index in [9.17, 15) is 0 Å². The molecule has 0 saturated heterocycles. The van der Waals surface area contributed by atoms with E-state index in [1.807, 2.05) is 0 Å². The Bertz CT molecular complexity index is 609. The van der Waals surface area contributed by atoms with E-state index in [4.69, 9.17) is 5.73 Å². The number of anilines is 1. The van der Waals surface area contributed by atoms with Crippen molar-refractivity contribution in [1.82, 2.24) is 9.97 Å². The zero-order chi connectivity index (χ0) is 14.8. The van der Waals surface area contributed by atoms with E-state index in [1.165, 1.54) is 35.9 Å². The fourth-order valence-electron chi connectivity index (χ4n) is 3.58. The molecule has 1 aliphatic carbocycles. The molecule has 0 bridgehead atoms. The third kappa shape index (κ3) is 2.64. The Morgan fingerprint density at radius 1 is 1.33 bits per heavy atom. The van der Waals surface area contributed by atoms with Gasteiger partial charge in [0.25, 0.3) is 0 Å². The number of aromatic nitrogens is 2. The molecule has 3 rings (SSSR count). The summed E-state index contributed by atoms with van der Waals surface area (Å²) in [5.74, 6) is 1.69. The lowest BCUT2D eigenvalue weighted by Gasteiger charge is -2.40. The predicted octanol–water partition coefficient (Wildman–Crippen LogP) is 3.34. The molecule has 0 radical (unpaired) electrons. The molecule has 21 heavy (non-hydrogen) atoms. The summed E-state index contributed by atoms with van der Waals surface area (Å²) >= 11 is 1.76. The van der Waals surface area contributed by atoms with Crippen LogP contribution in [0.2, 0.25) is 0 Å². The van der Waals surface area contributed by atoms with E-state index < -0.39 is 0 Å². The van der Waals surface area contributed by atoms with Crippen LogP contribution in [0.15, 0.2) is 11.7 Å². The Balaban J connectivity index is 2.01. The first-order chi connectivity index (χ1) is 10.3. The maximum absolute atomic E-state index is 6.02. The van der Waals surface area contributed by atoms with Crippen LogP contribution in [-0.2, 0) is 0 Å². The summed E-state index contributed by atoms with van der Waals surface area (Å²) in [5.41, 5.74) is 8.37. The fourth-order valence-corrected chi connectivity index (χ4v) is 4.58. The maximum atomic E-state index is 6.02. The van der Waals surface area contributed by atoms with Crippen LogP contribution >= 0.6 is 11.3 Å². The minimum absolute atomic E-state index is 0.522. The highest BCUT2D eigenvalue weighted by atomic mass is 32.1. The van der Waals surface area contributed by atoms with Gasteiger partial charge in [-0.05, 0) is 50.1 Å². The first kappa shape index (κ1) is 14.7. The lowest BCUT2D eigenvalue weighted by atomic mass is 9.83. The van der Waals surface area contributed by atoms with Gasteiger partial charge in [0.05, 0.1) is 10.2 Å². The summed E-state index contributed by atoms with van der Waals surface area (Å²) in [6.45, 7) is 6.09. The first-order valence-electron chi connectivity index (χ1n) is 7.91. The molecule has 2 atom stereocenters. The number of hydrogen-bond donors (Lipinski definition) is 1. The smallest absolute Gasteiger partial charge is 0.150 e. The number of fused-ring (bicyclic) bond motifs is 1. The molecule has 2 aromatic heterocycles. The zero-order valence-electron chi connectivity index (χ0n) is 12.9. The lowest BCUT2D eigenvalue weighted by Crippen LogP contribution is -2.45. The van der Waals surface area contributed by atoms with Gasteiger partial charge < -0.3 is 10.6 Å². The summed E-state index contributed by atoms with van der Waals surface area (Å²) in [6.07, 6.45) is 6.80. The van der Waals surface area contributed by atoms with Crippen LogP contribution in [-0.4, -0.2) is 29.1 Å². The predicted molar refractivity (Wildman–Crippen MR) is 90.0 cm³/mol. The largest absolute Gasteiger partial charge is 0.352 e. The topological polar surface area (TPSA) is 55.0 Å². The van der Waals surface area contributed by atoms with Gasteiger partial charge in [0, 0.05) is 12.6 Å². The Morgan fingerprint density at radius 3 is 2.90 bits per heavy atom. The third-order valence-corrected chi connectivity index (χ3v) is 5.78. The van der Waals surface area contributed by atoms with Crippen LogP contribution in [0.3, 0.4) is 0 Å². The van der Waals surface area contributed by atoms with Crippen molar-refractivity contribution in [3.63, 3.8) is 0 Å². The summed E-state index contributed by atoms with van der Waals surface area (Å²) in [7, 11) is 0. The molecule has 2 unspecified atom stereocenters. The van der Waals surface area contributed by atoms with E-state index >= 15 is 0 Å². The standard InChI is InChI=1S/C16H24N4S/c1-3-20(13-7-5-4-6-12(13)8-17)16-15-14(18-10-19-16)11(2)9-21-15/h9-10,12-13H,3-8,17H2,1-2H3. The second-order valence-corrected chi connectivity index (χ2v) is 6.81. The first-order valence-corrected chi connectivity index (χ1v) is 8.79. The molecule has 2 N–H and O–H groups in total. The van der Waals surface area contributed by atoms with Crippen molar-refractivity contribution in [2.45, 2.75) is 45.6 Å². The van der Waals surface area contributed by atoms with Gasteiger partial charge in [-0.2, -0.15) is 0 Å². The van der Waals surface area contributed by atoms with Crippen LogP contribution in [0.4, 0.5) is 5.82 Å². The number of nitrogens with two attached hydrogens (primary N) is 1. The maximum Gasteiger partial charge on any atom is 0.150 e. The van der Waals surface area contributed by atoms with Gasteiger partial charge in [-0.1, -0.05) is 12.8 Å². The van der Waals surface area contributed by atoms with E-state index in [2.05, 4.69) is 34.1 Å². The molecule has 1 fully saturated rings. The highest BCUT2D eigenvalue weighted by molar-refractivity contribution is 7.18. The summed E-state index contributed by atoms with van der Waals surface area (Å²) < 4.78 is 1.22. The zero-order valence-corrected chi connectivity index (χ0v) is 13.7. The Morgan fingerprint density at radius 2 is 2.14 bits per heavy atom. The molecule has 2 heterocycles. The molecule has 114 valence electrons. The van der Waals surface area contributed by atoms with Crippen LogP contribution < -0.4 is 10.6 Å². The number of aryl methyl sites for hydroxylation is 1. The van der Waals surface area contributed by atoms with Gasteiger partial charge in [-0.15, -0.1) is 11.3 Å². The van der Waals surface area contributed by atoms with Crippen LogP contribution in [0.5, 0.6) is 0 Å². The fraction of sp³-hybridized carbons (Fsp3) is 0.625. The second kappa shape index (κ2) is 6.28. The number of nitrogens with zero attached hydrogens (tertiary/aromatic N) is 3. The van der Waals surface area contributed by atoms with Gasteiger partial charge in [-0.3, -0.25) is 0 Å². The molecule has 4 nitrogen and oxygen atoms in total. The molecule has 0 amide bonds. The molecular formula is C16H24N4S. The lowest BCUT2D eigenvalue weighted by molar-refractivity contribution is 0.300. The number of rotatable bonds is 4. The minimum atomic E-state index is 0.522. The minimum Gasteiger partial charge on any atom is -0.352 e.